The third-order valence-electron chi connectivity index (χ3n) is 12.1. The maximum Gasteiger partial charge on any atom is 0.264 e. The minimum atomic E-state index is -0.751. The number of furan rings is 1. The van der Waals surface area contributed by atoms with E-state index in [1.165, 1.54) is 11.3 Å². The minimum absolute atomic E-state index is 0.00663. The van der Waals surface area contributed by atoms with E-state index < -0.39 is 29.6 Å². The maximum absolute atomic E-state index is 10.2. The van der Waals surface area contributed by atoms with Crippen molar-refractivity contribution in [1.82, 2.24) is 0 Å². The summed E-state index contributed by atoms with van der Waals surface area (Å²) in [4.78, 5) is 4.32. The predicted octanol–water partition coefficient (Wildman–Crippen LogP) is 14.1. The first-order valence-electron chi connectivity index (χ1n) is 25.1. The summed E-state index contributed by atoms with van der Waals surface area (Å²) in [6, 6.07) is 19.5. The molecule has 2 aliphatic heterocycles. The predicted molar refractivity (Wildman–Crippen MR) is 258 cm³/mol. The fraction of sp³-hybridized carbons (Fsp3) is 0.296. The molecule has 296 valence electrons. The third kappa shape index (κ3) is 5.90. The third-order valence-corrected chi connectivity index (χ3v) is 13.3. The first kappa shape index (κ1) is 29.0. The number of anilines is 6. The topological polar surface area (TPSA) is 19.6 Å². The number of nitrogens with zero attached hydrogens (tertiary/aromatic N) is 2. The summed E-state index contributed by atoms with van der Waals surface area (Å²) in [6.07, 6.45) is 0. The Balaban J connectivity index is 1.47. The molecule has 5 heteroatoms. The number of rotatable bonds is 2. The lowest BCUT2D eigenvalue weighted by molar-refractivity contribution is 0.590. The zero-order chi connectivity index (χ0) is 49.4. The zero-order valence-corrected chi connectivity index (χ0v) is 36.9. The van der Waals surface area contributed by atoms with Crippen molar-refractivity contribution in [3.63, 3.8) is 0 Å². The van der Waals surface area contributed by atoms with Gasteiger partial charge in [-0.25, -0.2) is 0 Å². The van der Waals surface area contributed by atoms with Gasteiger partial charge < -0.3 is 14.2 Å². The molecular formula is C54H55BN2OS. The van der Waals surface area contributed by atoms with Crippen LogP contribution in [0.25, 0.3) is 32.0 Å². The number of fused-ring (bicyclic) bond motifs is 10. The van der Waals surface area contributed by atoms with E-state index in [2.05, 4.69) is 133 Å². The minimum Gasteiger partial charge on any atom is -0.456 e. The average molecular weight is 800 g/mol. The fourth-order valence-corrected chi connectivity index (χ4v) is 9.95. The van der Waals surface area contributed by atoms with Crippen LogP contribution in [0.4, 0.5) is 34.1 Å². The van der Waals surface area contributed by atoms with Gasteiger partial charge in [0.05, 0.1) is 29.1 Å². The van der Waals surface area contributed by atoms with E-state index in [1.54, 1.807) is 0 Å². The second-order valence-electron chi connectivity index (χ2n) is 20.4. The fourth-order valence-electron chi connectivity index (χ4n) is 8.73. The molecule has 8 aromatic rings. The standard InChI is InChI=1S/C54H55BN2OS/c1-51(2,3)32-17-22-36(23-18-32)56-41-30-35(54(10,11)12)31-42-47(41)55(50-48(56)39-29-34(53(7,8)9)21-28-45(39)59-50)40-26-27-44-46(38-15-13-14-16-43(38)58-44)49(40)57(42)37-24-19-33(20-25-37)52(4,5)6/h13-31H,1-12H3/i13D,14D,15D,16D,21D,26D,27D,28D,29D. The molecule has 0 saturated heterocycles. The van der Waals surface area contributed by atoms with E-state index in [9.17, 15) is 8.22 Å². The summed E-state index contributed by atoms with van der Waals surface area (Å²) in [5, 5.41) is 0.990. The molecule has 0 aliphatic carbocycles. The highest BCUT2D eigenvalue weighted by Gasteiger charge is 2.47. The van der Waals surface area contributed by atoms with Crippen molar-refractivity contribution in [3.05, 3.63) is 137 Å². The lowest BCUT2D eigenvalue weighted by atomic mass is 9.36. The average Bonchev–Trinajstić information content (AvgIpc) is 3.86. The van der Waals surface area contributed by atoms with Crippen LogP contribution < -0.4 is 25.5 Å². The van der Waals surface area contributed by atoms with E-state index >= 15 is 0 Å². The molecule has 0 radical (unpaired) electrons. The van der Waals surface area contributed by atoms with Crippen LogP contribution in [-0.2, 0) is 21.7 Å². The molecule has 0 amide bonds. The van der Waals surface area contributed by atoms with Crippen LogP contribution in [-0.4, -0.2) is 6.71 Å². The van der Waals surface area contributed by atoms with Crippen LogP contribution in [0.5, 0.6) is 0 Å². The molecular weight excluding hydrogens is 735 g/mol. The van der Waals surface area contributed by atoms with Gasteiger partial charge in [-0.3, -0.25) is 0 Å². The molecule has 0 unspecified atom stereocenters. The molecule has 6 aromatic carbocycles. The number of hydrogen-bond acceptors (Lipinski definition) is 4. The molecule has 3 nitrogen and oxygen atoms in total. The van der Waals surface area contributed by atoms with E-state index in [0.29, 0.717) is 37.9 Å². The van der Waals surface area contributed by atoms with Gasteiger partial charge >= 0.3 is 0 Å². The van der Waals surface area contributed by atoms with Gasteiger partial charge in [-0.2, -0.15) is 0 Å². The molecule has 2 aliphatic rings. The van der Waals surface area contributed by atoms with Crippen LogP contribution in [0.1, 0.15) is 118 Å². The summed E-state index contributed by atoms with van der Waals surface area (Å²) in [5.41, 5.74) is 7.95. The molecule has 0 fully saturated rings. The van der Waals surface area contributed by atoms with E-state index in [4.69, 9.17) is 8.53 Å². The van der Waals surface area contributed by atoms with Crippen molar-refractivity contribution < 1.29 is 16.8 Å². The summed E-state index contributed by atoms with van der Waals surface area (Å²) in [6.45, 7) is 24.7. The normalized spacial score (nSPS) is 16.5. The lowest BCUT2D eigenvalue weighted by Gasteiger charge is -2.44. The van der Waals surface area contributed by atoms with Crippen LogP contribution in [0, 0.1) is 0 Å². The van der Waals surface area contributed by atoms with Gasteiger partial charge in [-0.15, -0.1) is 11.3 Å². The van der Waals surface area contributed by atoms with Gasteiger partial charge in [0.25, 0.3) is 6.71 Å². The highest BCUT2D eigenvalue weighted by Crippen LogP contribution is 2.52. The van der Waals surface area contributed by atoms with Crippen molar-refractivity contribution in [1.29, 1.82) is 0 Å². The van der Waals surface area contributed by atoms with E-state index in [-0.39, 0.29) is 69.7 Å². The largest absolute Gasteiger partial charge is 0.456 e. The van der Waals surface area contributed by atoms with Crippen LogP contribution in [0.15, 0.2) is 119 Å². The first-order chi connectivity index (χ1) is 31.5. The van der Waals surface area contributed by atoms with Crippen molar-refractivity contribution in [2.24, 2.45) is 0 Å². The van der Waals surface area contributed by atoms with Gasteiger partial charge in [-0.05, 0) is 115 Å². The Hall–Kier alpha value is -5.26. The Morgan fingerprint density at radius 1 is 0.542 bits per heavy atom. The molecule has 2 aromatic heterocycles. The number of thiophene rings is 1. The SMILES string of the molecule is [2H]c1c([2H])c([2H])c2c(oc3c([2H])c([2H])c4c(c32)N(c2ccc(C(C)(C)C)cc2)c2cc(C(C)(C)C)cc3c2B4c2sc4c([2H])c([2H])c(C(C)(C)C)c([2H])c4c2N3c2ccc(C(C)(C)C)cc2)c1[2H]. The highest BCUT2D eigenvalue weighted by molar-refractivity contribution is 7.33. The highest BCUT2D eigenvalue weighted by atomic mass is 32.1. The van der Waals surface area contributed by atoms with Gasteiger partial charge in [-0.1, -0.05) is 138 Å². The Morgan fingerprint density at radius 2 is 1.08 bits per heavy atom. The molecule has 59 heavy (non-hydrogen) atoms. The Kier molecular flexibility index (Phi) is 6.22. The van der Waals surface area contributed by atoms with Gasteiger partial charge in [0.15, 0.2) is 0 Å². The Morgan fingerprint density at radius 3 is 1.64 bits per heavy atom. The smallest absolute Gasteiger partial charge is 0.264 e. The molecule has 10 rings (SSSR count). The second kappa shape index (κ2) is 12.6. The van der Waals surface area contributed by atoms with Crippen LogP contribution >= 0.6 is 11.3 Å². The molecule has 0 saturated carbocycles. The summed E-state index contributed by atoms with van der Waals surface area (Å²) >= 11 is 1.35. The maximum atomic E-state index is 10.2. The summed E-state index contributed by atoms with van der Waals surface area (Å²) in [7, 11) is 0. The van der Waals surface area contributed by atoms with Gasteiger partial charge in [0.1, 0.15) is 11.2 Å². The second-order valence-corrected chi connectivity index (χ2v) is 21.5. The van der Waals surface area contributed by atoms with Crippen molar-refractivity contribution in [2.75, 3.05) is 9.80 Å². The summed E-state index contributed by atoms with van der Waals surface area (Å²) < 4.78 is 92.5. The Bertz CT molecular complexity index is 3500. The van der Waals surface area contributed by atoms with Crippen molar-refractivity contribution in [2.45, 2.75) is 105 Å². The van der Waals surface area contributed by atoms with Gasteiger partial charge in [0, 0.05) is 43.0 Å². The van der Waals surface area contributed by atoms with Gasteiger partial charge in [0.2, 0.25) is 0 Å². The Labute approximate surface area is 367 Å². The number of benzene rings is 6. The molecule has 0 atom stereocenters. The monoisotopic (exact) mass is 799 g/mol. The molecule has 4 heterocycles. The summed E-state index contributed by atoms with van der Waals surface area (Å²) in [5.74, 6) is 0. The lowest BCUT2D eigenvalue weighted by Crippen LogP contribution is -2.60. The number of para-hydroxylation sites is 1. The van der Waals surface area contributed by atoms with E-state index in [1.807, 2.05) is 20.8 Å². The number of hydrogen-bond donors (Lipinski definition) is 0. The molecule has 0 spiro atoms. The molecule has 0 bridgehead atoms. The van der Waals surface area contributed by atoms with Crippen molar-refractivity contribution in [3.8, 4) is 0 Å². The van der Waals surface area contributed by atoms with Crippen LogP contribution in [0.3, 0.4) is 0 Å². The molecule has 0 N–H and O–H groups in total. The van der Waals surface area contributed by atoms with E-state index in [0.717, 1.165) is 49.7 Å². The quantitative estimate of drug-likeness (QED) is 0.162. The first-order valence-corrected chi connectivity index (χ1v) is 21.4. The van der Waals surface area contributed by atoms with Crippen LogP contribution in [0.2, 0.25) is 0 Å². The zero-order valence-electron chi connectivity index (χ0n) is 45.1. The van der Waals surface area contributed by atoms with Crippen molar-refractivity contribution >= 4 is 99.9 Å².